The molecular formula is C8H18O4. The van der Waals surface area contributed by atoms with Gasteiger partial charge in [0.2, 0.25) is 0 Å². The summed E-state index contributed by atoms with van der Waals surface area (Å²) in [6.07, 6.45) is 1.54. The summed E-state index contributed by atoms with van der Waals surface area (Å²) in [6.45, 7) is -0.192. The molecule has 0 rings (SSSR count). The molecule has 0 saturated carbocycles. The van der Waals surface area contributed by atoms with Crippen LogP contribution in [-0.2, 0) is 0 Å². The van der Waals surface area contributed by atoms with E-state index < -0.39 is 12.4 Å². The Bertz CT molecular complexity index is 95.1. The molecule has 4 heteroatoms. The van der Waals surface area contributed by atoms with Gasteiger partial charge in [0, 0.05) is 0 Å². The first kappa shape index (κ1) is 11.8. The Balaban J connectivity index is 3.00. The highest BCUT2D eigenvalue weighted by atomic mass is 16.5. The van der Waals surface area contributed by atoms with Crippen LogP contribution in [0.1, 0.15) is 32.1 Å². The van der Waals surface area contributed by atoms with Gasteiger partial charge in [-0.15, -0.1) is 0 Å². The summed E-state index contributed by atoms with van der Waals surface area (Å²) in [5, 5.41) is 34.3. The minimum absolute atomic E-state index is 0.192. The maximum atomic E-state index is 8.92. The van der Waals surface area contributed by atoms with Crippen LogP contribution in [0.25, 0.3) is 0 Å². The van der Waals surface area contributed by atoms with Crippen LogP contribution in [0.2, 0.25) is 0 Å². The van der Waals surface area contributed by atoms with Crippen molar-refractivity contribution in [3.63, 3.8) is 0 Å². The van der Waals surface area contributed by atoms with Crippen LogP contribution in [0, 0.1) is 0 Å². The van der Waals surface area contributed by atoms with Crippen molar-refractivity contribution in [1.82, 2.24) is 0 Å². The summed E-state index contributed by atoms with van der Waals surface area (Å²) in [6, 6.07) is 0. The molecule has 0 fully saturated rings. The molecule has 4 N–H and O–H groups in total. The number of aliphatic hydroxyl groups is 4. The summed E-state index contributed by atoms with van der Waals surface area (Å²) >= 11 is 0. The van der Waals surface area contributed by atoms with Crippen LogP contribution in [-0.4, -0.2) is 39.4 Å². The molecule has 0 saturated heterocycles. The van der Waals surface area contributed by atoms with E-state index >= 15 is 0 Å². The zero-order valence-corrected chi connectivity index (χ0v) is 7.19. The van der Waals surface area contributed by atoms with Crippen LogP contribution in [0.5, 0.6) is 0 Å². The van der Waals surface area contributed by atoms with E-state index in [2.05, 4.69) is 0 Å². The summed E-state index contributed by atoms with van der Waals surface area (Å²) in [7, 11) is 0. The van der Waals surface area contributed by atoms with Gasteiger partial charge in [-0.05, 0) is 19.3 Å². The molecule has 0 aromatic carbocycles. The SMILES string of the molecule is OCC(O)CCCCCC(O)O. The summed E-state index contributed by atoms with van der Waals surface area (Å²) in [5.41, 5.74) is 0. The predicted octanol–water partition coefficient (Wildman–Crippen LogP) is -0.399. The molecule has 1 atom stereocenters. The van der Waals surface area contributed by atoms with Crippen molar-refractivity contribution >= 4 is 0 Å². The van der Waals surface area contributed by atoms with Gasteiger partial charge >= 0.3 is 0 Å². The smallest absolute Gasteiger partial charge is 0.151 e. The number of rotatable bonds is 7. The summed E-state index contributed by atoms with van der Waals surface area (Å²) in [4.78, 5) is 0. The highest BCUT2D eigenvalue weighted by molar-refractivity contribution is 4.53. The summed E-state index contributed by atoms with van der Waals surface area (Å²) in [5.74, 6) is 0. The van der Waals surface area contributed by atoms with Crippen LogP contribution < -0.4 is 0 Å². The highest BCUT2D eigenvalue weighted by Crippen LogP contribution is 2.06. The normalized spacial score (nSPS) is 13.8. The Hall–Kier alpha value is -0.160. The Morgan fingerprint density at radius 1 is 0.833 bits per heavy atom. The molecule has 0 aromatic rings. The second-order valence-corrected chi connectivity index (χ2v) is 2.96. The first-order valence-corrected chi connectivity index (χ1v) is 4.32. The van der Waals surface area contributed by atoms with E-state index in [-0.39, 0.29) is 6.61 Å². The fraction of sp³-hybridized carbons (Fsp3) is 1.00. The zero-order chi connectivity index (χ0) is 9.40. The molecule has 0 aliphatic heterocycles. The molecule has 0 spiro atoms. The second-order valence-electron chi connectivity index (χ2n) is 2.96. The lowest BCUT2D eigenvalue weighted by Gasteiger charge is -2.06. The molecule has 0 radical (unpaired) electrons. The average molecular weight is 178 g/mol. The lowest BCUT2D eigenvalue weighted by molar-refractivity contribution is -0.0467. The van der Waals surface area contributed by atoms with Gasteiger partial charge in [-0.3, -0.25) is 0 Å². The zero-order valence-electron chi connectivity index (χ0n) is 7.19. The maximum Gasteiger partial charge on any atom is 0.151 e. The largest absolute Gasteiger partial charge is 0.394 e. The molecule has 0 aliphatic carbocycles. The number of aliphatic hydroxyl groups excluding tert-OH is 3. The van der Waals surface area contributed by atoms with Crippen LogP contribution in [0.4, 0.5) is 0 Å². The van der Waals surface area contributed by atoms with Crippen molar-refractivity contribution in [2.24, 2.45) is 0 Å². The van der Waals surface area contributed by atoms with E-state index in [1.165, 1.54) is 0 Å². The van der Waals surface area contributed by atoms with Crippen molar-refractivity contribution in [3.05, 3.63) is 0 Å². The van der Waals surface area contributed by atoms with Crippen LogP contribution in [0.15, 0.2) is 0 Å². The Labute approximate surface area is 72.5 Å². The number of hydrogen-bond donors (Lipinski definition) is 4. The Morgan fingerprint density at radius 3 is 1.92 bits per heavy atom. The third-order valence-corrected chi connectivity index (χ3v) is 1.71. The van der Waals surface area contributed by atoms with Crippen LogP contribution >= 0.6 is 0 Å². The Morgan fingerprint density at radius 2 is 1.42 bits per heavy atom. The summed E-state index contributed by atoms with van der Waals surface area (Å²) < 4.78 is 0. The average Bonchev–Trinajstić information content (AvgIpc) is 2.03. The standard InChI is InChI=1S/C8H18O4/c9-6-7(10)4-2-1-3-5-8(11)12/h7-12H,1-6H2. The molecular weight excluding hydrogens is 160 g/mol. The minimum atomic E-state index is -1.22. The molecule has 0 amide bonds. The molecule has 0 aliphatic rings. The predicted molar refractivity (Wildman–Crippen MR) is 44.4 cm³/mol. The van der Waals surface area contributed by atoms with Crippen molar-refractivity contribution in [2.75, 3.05) is 6.61 Å². The van der Waals surface area contributed by atoms with E-state index in [4.69, 9.17) is 20.4 Å². The fourth-order valence-corrected chi connectivity index (χ4v) is 0.975. The van der Waals surface area contributed by atoms with E-state index in [1.54, 1.807) is 0 Å². The van der Waals surface area contributed by atoms with Gasteiger partial charge in [-0.1, -0.05) is 12.8 Å². The van der Waals surface area contributed by atoms with Crippen molar-refractivity contribution < 1.29 is 20.4 Å². The van der Waals surface area contributed by atoms with Crippen molar-refractivity contribution in [3.8, 4) is 0 Å². The molecule has 0 heterocycles. The third kappa shape index (κ3) is 7.94. The van der Waals surface area contributed by atoms with Crippen LogP contribution in [0.3, 0.4) is 0 Å². The molecule has 0 aromatic heterocycles. The molecule has 74 valence electrons. The first-order valence-electron chi connectivity index (χ1n) is 4.32. The lowest BCUT2D eigenvalue weighted by Crippen LogP contribution is -2.11. The molecule has 0 bridgehead atoms. The van der Waals surface area contributed by atoms with Gasteiger partial charge in [0.15, 0.2) is 6.29 Å². The quantitative estimate of drug-likeness (QED) is 0.316. The van der Waals surface area contributed by atoms with Gasteiger partial charge in [0.25, 0.3) is 0 Å². The van der Waals surface area contributed by atoms with Gasteiger partial charge in [-0.2, -0.15) is 0 Å². The maximum absolute atomic E-state index is 8.92. The number of unbranched alkanes of at least 4 members (excludes halogenated alkanes) is 2. The highest BCUT2D eigenvalue weighted by Gasteiger charge is 2.01. The van der Waals surface area contributed by atoms with Crippen molar-refractivity contribution in [2.45, 2.75) is 44.5 Å². The van der Waals surface area contributed by atoms with E-state index in [1.807, 2.05) is 0 Å². The Kier molecular flexibility index (Phi) is 7.39. The van der Waals surface area contributed by atoms with E-state index in [0.717, 1.165) is 19.3 Å². The van der Waals surface area contributed by atoms with Gasteiger partial charge in [0.1, 0.15) is 0 Å². The van der Waals surface area contributed by atoms with Gasteiger partial charge < -0.3 is 20.4 Å². The monoisotopic (exact) mass is 178 g/mol. The fourth-order valence-electron chi connectivity index (χ4n) is 0.975. The molecule has 1 unspecified atom stereocenters. The topological polar surface area (TPSA) is 80.9 Å². The molecule has 4 nitrogen and oxygen atoms in total. The van der Waals surface area contributed by atoms with E-state index in [9.17, 15) is 0 Å². The third-order valence-electron chi connectivity index (χ3n) is 1.71. The second kappa shape index (κ2) is 7.49. The van der Waals surface area contributed by atoms with E-state index in [0.29, 0.717) is 12.8 Å². The lowest BCUT2D eigenvalue weighted by atomic mass is 10.1. The van der Waals surface area contributed by atoms with Crippen molar-refractivity contribution in [1.29, 1.82) is 0 Å². The van der Waals surface area contributed by atoms with Gasteiger partial charge in [-0.25, -0.2) is 0 Å². The minimum Gasteiger partial charge on any atom is -0.394 e. The molecule has 12 heavy (non-hydrogen) atoms. The number of hydrogen-bond acceptors (Lipinski definition) is 4. The first-order chi connectivity index (χ1) is 5.66. The van der Waals surface area contributed by atoms with Gasteiger partial charge in [0.05, 0.1) is 12.7 Å².